The van der Waals surface area contributed by atoms with Crippen LogP contribution in [0.25, 0.3) is 6.08 Å². The number of hydrogen-bond acceptors (Lipinski definition) is 6. The minimum atomic E-state index is -1.22. The van der Waals surface area contributed by atoms with Crippen molar-refractivity contribution in [2.75, 3.05) is 0 Å². The highest BCUT2D eigenvalue weighted by atomic mass is 16.6. The molecule has 0 spiro atoms. The van der Waals surface area contributed by atoms with Crippen LogP contribution in [0.2, 0.25) is 0 Å². The number of aliphatic hydroxyl groups is 1. The van der Waals surface area contributed by atoms with E-state index in [0.29, 0.717) is 5.71 Å². The van der Waals surface area contributed by atoms with Crippen LogP contribution in [0.1, 0.15) is 12.5 Å². The molecule has 0 bridgehead atoms. The predicted octanol–water partition coefficient (Wildman–Crippen LogP) is 0.397. The Hall–Kier alpha value is -2.51. The van der Waals surface area contributed by atoms with Crippen LogP contribution in [0.5, 0.6) is 5.75 Å². The van der Waals surface area contributed by atoms with Crippen molar-refractivity contribution in [3.63, 3.8) is 0 Å². The molecule has 0 saturated carbocycles. The number of carbonyl (C=O) groups excluding carboxylic acids is 1. The summed E-state index contributed by atoms with van der Waals surface area (Å²) in [5, 5.41) is 21.1. The van der Waals surface area contributed by atoms with E-state index in [4.69, 9.17) is 4.74 Å². The summed E-state index contributed by atoms with van der Waals surface area (Å²) in [5.41, 5.74) is 1.37. The van der Waals surface area contributed by atoms with E-state index in [0.717, 1.165) is 5.56 Å². The molecule has 1 aromatic rings. The molecule has 2 heterocycles. The van der Waals surface area contributed by atoms with Crippen molar-refractivity contribution < 1.29 is 19.7 Å². The number of aliphatic imine (C=N–C) groups is 2. The predicted molar refractivity (Wildman–Crippen MR) is 75.7 cm³/mol. The number of nitrogens with one attached hydrogen (secondary N) is 1. The maximum atomic E-state index is 11.9. The first-order valence-electron chi connectivity index (χ1n) is 6.35. The Bertz CT molecular complexity index is 676. The average molecular weight is 287 g/mol. The van der Waals surface area contributed by atoms with Crippen LogP contribution in [-0.4, -0.2) is 40.2 Å². The van der Waals surface area contributed by atoms with Crippen molar-refractivity contribution in [2.24, 2.45) is 9.98 Å². The van der Waals surface area contributed by atoms with Gasteiger partial charge < -0.3 is 20.3 Å². The van der Waals surface area contributed by atoms with E-state index in [1.165, 1.54) is 12.1 Å². The maximum Gasteiger partial charge on any atom is 0.275 e. The van der Waals surface area contributed by atoms with Gasteiger partial charge in [-0.25, -0.2) is 9.98 Å². The molecule has 0 aromatic heterocycles. The smallest absolute Gasteiger partial charge is 0.275 e. The molecule has 0 saturated heterocycles. The van der Waals surface area contributed by atoms with Crippen molar-refractivity contribution in [3.05, 3.63) is 35.5 Å². The Morgan fingerprint density at radius 2 is 2.05 bits per heavy atom. The van der Waals surface area contributed by atoms with E-state index in [-0.39, 0.29) is 23.2 Å². The summed E-state index contributed by atoms with van der Waals surface area (Å²) in [4.78, 5) is 20.0. The number of rotatable bonds is 2. The molecule has 0 fully saturated rings. The average Bonchev–Trinajstić information content (AvgIpc) is 2.95. The van der Waals surface area contributed by atoms with Gasteiger partial charge in [-0.2, -0.15) is 0 Å². The third kappa shape index (κ3) is 2.69. The highest BCUT2D eigenvalue weighted by Gasteiger charge is 2.32. The molecule has 7 heteroatoms. The number of nitrogens with zero attached hydrogens (tertiary/aromatic N) is 2. The molecule has 0 aliphatic carbocycles. The molecule has 7 nitrogen and oxygen atoms in total. The van der Waals surface area contributed by atoms with E-state index in [2.05, 4.69) is 15.3 Å². The molecule has 2 aliphatic rings. The highest BCUT2D eigenvalue weighted by Crippen LogP contribution is 2.18. The number of aliphatic hydroxyl groups excluding tert-OH is 1. The first kappa shape index (κ1) is 13.5. The number of carbonyl (C=O) groups is 1. The van der Waals surface area contributed by atoms with Crippen LogP contribution in [0.3, 0.4) is 0 Å². The SMILES string of the molecule is CC1OC(O)N=C1C1=N/C(=C\c2ccc(O)cc2)C(=O)N1. The summed E-state index contributed by atoms with van der Waals surface area (Å²) in [7, 11) is 0. The summed E-state index contributed by atoms with van der Waals surface area (Å²) in [6.07, 6.45) is -0.0639. The summed E-state index contributed by atoms with van der Waals surface area (Å²) in [6, 6.07) is 6.39. The normalized spacial score (nSPS) is 26.8. The number of amides is 1. The van der Waals surface area contributed by atoms with Crippen LogP contribution in [0.4, 0.5) is 0 Å². The van der Waals surface area contributed by atoms with E-state index in [1.807, 2.05) is 0 Å². The molecule has 108 valence electrons. The van der Waals surface area contributed by atoms with Gasteiger partial charge in [-0.05, 0) is 30.7 Å². The second-order valence-corrected chi connectivity index (χ2v) is 4.65. The summed E-state index contributed by atoms with van der Waals surface area (Å²) < 4.78 is 5.06. The largest absolute Gasteiger partial charge is 0.508 e. The van der Waals surface area contributed by atoms with Crippen LogP contribution in [0.15, 0.2) is 39.9 Å². The van der Waals surface area contributed by atoms with Gasteiger partial charge in [0.1, 0.15) is 23.3 Å². The fraction of sp³-hybridized carbons (Fsp3) is 0.214. The highest BCUT2D eigenvalue weighted by molar-refractivity contribution is 6.48. The molecule has 2 atom stereocenters. The van der Waals surface area contributed by atoms with Gasteiger partial charge in [0.15, 0.2) is 5.84 Å². The number of ether oxygens (including phenoxy) is 1. The molecule has 1 aromatic carbocycles. The number of hydrogen-bond donors (Lipinski definition) is 3. The van der Waals surface area contributed by atoms with Crippen LogP contribution < -0.4 is 5.32 Å². The van der Waals surface area contributed by atoms with E-state index >= 15 is 0 Å². The van der Waals surface area contributed by atoms with Gasteiger partial charge in [0.05, 0.1) is 0 Å². The minimum Gasteiger partial charge on any atom is -0.508 e. The fourth-order valence-electron chi connectivity index (χ4n) is 2.07. The molecule has 2 aliphatic heterocycles. The minimum absolute atomic E-state index is 0.150. The maximum absolute atomic E-state index is 11.9. The number of phenols is 1. The standard InChI is InChI=1S/C14H13N3O4/c1-7-11(16-14(20)21-7)12-15-10(13(19)17-12)6-8-2-4-9(18)5-3-8/h2-7,14,18,20H,1H3,(H,15,17,19)/b10-6-. The molecule has 0 radical (unpaired) electrons. The zero-order chi connectivity index (χ0) is 15.0. The van der Waals surface area contributed by atoms with E-state index in [1.54, 1.807) is 25.1 Å². The molecule has 3 N–H and O–H groups in total. The van der Waals surface area contributed by atoms with Crippen LogP contribution >= 0.6 is 0 Å². The van der Waals surface area contributed by atoms with Gasteiger partial charge in [-0.1, -0.05) is 12.1 Å². The first-order chi connectivity index (χ1) is 10.0. The molecule has 3 rings (SSSR count). The Labute approximate surface area is 120 Å². The van der Waals surface area contributed by atoms with Gasteiger partial charge in [0.2, 0.25) is 0 Å². The molecule has 21 heavy (non-hydrogen) atoms. The van der Waals surface area contributed by atoms with Gasteiger partial charge in [-0.15, -0.1) is 0 Å². The third-order valence-electron chi connectivity index (χ3n) is 3.10. The van der Waals surface area contributed by atoms with Crippen LogP contribution in [0, 0.1) is 0 Å². The summed E-state index contributed by atoms with van der Waals surface area (Å²) in [6.45, 7) is 1.71. The first-order valence-corrected chi connectivity index (χ1v) is 6.35. The third-order valence-corrected chi connectivity index (χ3v) is 3.10. The van der Waals surface area contributed by atoms with Crippen molar-refractivity contribution in [2.45, 2.75) is 19.4 Å². The lowest BCUT2D eigenvalue weighted by atomic mass is 10.2. The molecule has 2 unspecified atom stereocenters. The second kappa shape index (κ2) is 5.12. The number of aromatic hydroxyl groups is 1. The quantitative estimate of drug-likeness (QED) is 0.685. The number of amidine groups is 1. The Kier molecular flexibility index (Phi) is 3.28. The van der Waals surface area contributed by atoms with Gasteiger partial charge in [0.25, 0.3) is 12.3 Å². The van der Waals surface area contributed by atoms with Gasteiger partial charge >= 0.3 is 0 Å². The lowest BCUT2D eigenvalue weighted by molar-refractivity contribution is -0.115. The van der Waals surface area contributed by atoms with Gasteiger partial charge in [0, 0.05) is 0 Å². The van der Waals surface area contributed by atoms with Crippen LogP contribution in [-0.2, 0) is 9.53 Å². The van der Waals surface area contributed by atoms with Crippen molar-refractivity contribution >= 4 is 23.5 Å². The van der Waals surface area contributed by atoms with Crippen molar-refractivity contribution in [1.82, 2.24) is 5.32 Å². The fourth-order valence-corrected chi connectivity index (χ4v) is 2.07. The zero-order valence-electron chi connectivity index (χ0n) is 11.1. The molecule has 1 amide bonds. The lowest BCUT2D eigenvalue weighted by Gasteiger charge is -2.05. The molecular weight excluding hydrogens is 274 g/mol. The Balaban J connectivity index is 1.89. The van der Waals surface area contributed by atoms with E-state index in [9.17, 15) is 15.0 Å². The van der Waals surface area contributed by atoms with Gasteiger partial charge in [-0.3, -0.25) is 4.79 Å². The van der Waals surface area contributed by atoms with Crippen molar-refractivity contribution in [1.29, 1.82) is 0 Å². The molecular formula is C14H13N3O4. The number of benzene rings is 1. The zero-order valence-corrected chi connectivity index (χ0v) is 11.1. The Morgan fingerprint density at radius 1 is 1.33 bits per heavy atom. The van der Waals surface area contributed by atoms with Crippen molar-refractivity contribution in [3.8, 4) is 5.75 Å². The second-order valence-electron chi connectivity index (χ2n) is 4.65. The summed E-state index contributed by atoms with van der Waals surface area (Å²) >= 11 is 0. The lowest BCUT2D eigenvalue weighted by Crippen LogP contribution is -2.35. The summed E-state index contributed by atoms with van der Waals surface area (Å²) in [5.74, 6) is 0.0842. The Morgan fingerprint density at radius 3 is 2.67 bits per heavy atom. The monoisotopic (exact) mass is 287 g/mol. The topological polar surface area (TPSA) is 104 Å². The number of phenolic OH excluding ortho intramolecular Hbond substituents is 1. The van der Waals surface area contributed by atoms with E-state index < -0.39 is 12.5 Å².